The van der Waals surface area contributed by atoms with Crippen LogP contribution < -0.4 is 0 Å². The number of piperazine rings is 1. The van der Waals surface area contributed by atoms with E-state index in [2.05, 4.69) is 16.7 Å². The van der Waals surface area contributed by atoms with Gasteiger partial charge in [-0.3, -0.25) is 14.6 Å². The van der Waals surface area contributed by atoms with Crippen LogP contribution >= 0.6 is 0 Å². The van der Waals surface area contributed by atoms with Crippen molar-refractivity contribution in [3.63, 3.8) is 0 Å². The monoisotopic (exact) mass is 333 g/mol. The van der Waals surface area contributed by atoms with Crippen LogP contribution in [-0.2, 0) is 11.3 Å². The quantitative estimate of drug-likeness (QED) is 0.820. The number of benzene rings is 1. The van der Waals surface area contributed by atoms with Gasteiger partial charge >= 0.3 is 0 Å². The molecule has 0 saturated carbocycles. The van der Waals surface area contributed by atoms with E-state index < -0.39 is 0 Å². The Morgan fingerprint density at radius 1 is 1.17 bits per heavy atom. The van der Waals surface area contributed by atoms with Gasteiger partial charge in [-0.25, -0.2) is 0 Å². The maximum absolute atomic E-state index is 12.7. The second-order valence-corrected chi connectivity index (χ2v) is 6.67. The number of hydrogen-bond donors (Lipinski definition) is 1. The average molecular weight is 333 g/mol. The van der Waals surface area contributed by atoms with E-state index in [1.807, 2.05) is 49.2 Å². The zero-order valence-corrected chi connectivity index (χ0v) is 15.2. The van der Waals surface area contributed by atoms with Gasteiger partial charge in [0.1, 0.15) is 0 Å². The normalized spacial score (nSPS) is 19.0. The lowest BCUT2D eigenvalue weighted by Crippen LogP contribution is -2.56. The Balaban J connectivity index is 1.85. The van der Waals surface area contributed by atoms with Crippen molar-refractivity contribution in [2.24, 2.45) is 0 Å². The van der Waals surface area contributed by atoms with Gasteiger partial charge in [-0.1, -0.05) is 37.3 Å². The predicted octanol–water partition coefficient (Wildman–Crippen LogP) is 1.42. The first-order chi connectivity index (χ1) is 11.6. The molecule has 0 aromatic heterocycles. The highest BCUT2D eigenvalue weighted by molar-refractivity contribution is 5.81. The minimum absolute atomic E-state index is 0.102. The van der Waals surface area contributed by atoms with Crippen molar-refractivity contribution >= 4 is 5.91 Å². The zero-order valence-electron chi connectivity index (χ0n) is 15.2. The van der Waals surface area contributed by atoms with Crippen LogP contribution in [0.1, 0.15) is 25.8 Å². The van der Waals surface area contributed by atoms with E-state index >= 15 is 0 Å². The second kappa shape index (κ2) is 9.16. The maximum atomic E-state index is 12.7. The second-order valence-electron chi connectivity index (χ2n) is 6.67. The molecule has 1 aromatic rings. The van der Waals surface area contributed by atoms with Crippen LogP contribution in [0, 0.1) is 0 Å². The van der Waals surface area contributed by atoms with Gasteiger partial charge in [0, 0.05) is 45.8 Å². The van der Waals surface area contributed by atoms with E-state index in [0.29, 0.717) is 6.54 Å². The number of nitrogens with zero attached hydrogens (tertiary/aromatic N) is 3. The summed E-state index contributed by atoms with van der Waals surface area (Å²) in [5, 5.41) is 9.44. The fraction of sp³-hybridized carbons (Fsp3) is 0.632. The molecule has 0 spiro atoms. The lowest BCUT2D eigenvalue weighted by molar-refractivity contribution is -0.136. The van der Waals surface area contributed by atoms with Crippen LogP contribution in [0.25, 0.3) is 0 Å². The molecule has 5 heteroatoms. The van der Waals surface area contributed by atoms with Crippen molar-refractivity contribution in [3.05, 3.63) is 35.9 Å². The third-order valence-corrected chi connectivity index (χ3v) is 5.09. The van der Waals surface area contributed by atoms with Gasteiger partial charge in [0.15, 0.2) is 0 Å². The number of amides is 1. The Morgan fingerprint density at radius 2 is 1.75 bits per heavy atom. The van der Waals surface area contributed by atoms with Crippen molar-refractivity contribution in [3.8, 4) is 0 Å². The number of rotatable bonds is 7. The minimum atomic E-state index is -0.102. The molecule has 1 amide bonds. The third kappa shape index (κ3) is 4.79. The van der Waals surface area contributed by atoms with Gasteiger partial charge in [-0.2, -0.15) is 0 Å². The van der Waals surface area contributed by atoms with E-state index in [1.165, 1.54) is 0 Å². The molecule has 24 heavy (non-hydrogen) atoms. The Hall–Kier alpha value is -1.43. The minimum Gasteiger partial charge on any atom is -0.395 e. The maximum Gasteiger partial charge on any atom is 0.239 e. The summed E-state index contributed by atoms with van der Waals surface area (Å²) in [4.78, 5) is 19.1. The van der Waals surface area contributed by atoms with Crippen LogP contribution in [0.15, 0.2) is 30.3 Å². The first kappa shape index (κ1) is 18.9. The fourth-order valence-electron chi connectivity index (χ4n) is 3.40. The van der Waals surface area contributed by atoms with Crippen LogP contribution in [0.3, 0.4) is 0 Å². The number of aliphatic hydroxyl groups excluding tert-OH is 1. The van der Waals surface area contributed by atoms with Gasteiger partial charge in [-0.05, 0) is 18.9 Å². The molecule has 2 atom stereocenters. The van der Waals surface area contributed by atoms with Crippen molar-refractivity contribution in [1.82, 2.24) is 14.7 Å². The van der Waals surface area contributed by atoms with Gasteiger partial charge in [0.05, 0.1) is 12.6 Å². The van der Waals surface area contributed by atoms with E-state index in [1.54, 1.807) is 0 Å². The summed E-state index contributed by atoms with van der Waals surface area (Å²) in [6.45, 7) is 8.56. The highest BCUT2D eigenvalue weighted by atomic mass is 16.3. The summed E-state index contributed by atoms with van der Waals surface area (Å²) in [5.41, 5.74) is 1.15. The molecule has 0 radical (unpaired) electrons. The van der Waals surface area contributed by atoms with E-state index in [0.717, 1.165) is 38.2 Å². The molecule has 1 aliphatic rings. The average Bonchev–Trinajstić information content (AvgIpc) is 2.63. The summed E-state index contributed by atoms with van der Waals surface area (Å²) in [6, 6.07) is 10.2. The summed E-state index contributed by atoms with van der Waals surface area (Å²) in [5.74, 6) is 0.168. The van der Waals surface area contributed by atoms with E-state index in [9.17, 15) is 9.90 Å². The molecular weight excluding hydrogens is 302 g/mol. The molecule has 1 heterocycles. The molecule has 1 N–H and O–H groups in total. The van der Waals surface area contributed by atoms with E-state index in [4.69, 9.17) is 0 Å². The standard InChI is InChI=1S/C19H31N3O2/c1-4-18(15-23)22-12-10-21(11-13-22)16(2)19(24)20(3)14-17-8-6-5-7-9-17/h5-9,16,18,23H,4,10-15H2,1-3H3. The zero-order chi connectivity index (χ0) is 17.5. The molecule has 2 unspecified atom stereocenters. The Bertz CT molecular complexity index is 497. The molecule has 1 aromatic carbocycles. The Labute approximate surface area is 145 Å². The Morgan fingerprint density at radius 3 is 2.29 bits per heavy atom. The molecular formula is C19H31N3O2. The summed E-state index contributed by atoms with van der Waals surface area (Å²) >= 11 is 0. The molecule has 0 aliphatic carbocycles. The lowest BCUT2D eigenvalue weighted by atomic mass is 10.1. The lowest BCUT2D eigenvalue weighted by Gasteiger charge is -2.41. The molecule has 1 fully saturated rings. The number of carbonyl (C=O) groups excluding carboxylic acids is 1. The SMILES string of the molecule is CCC(CO)N1CCN(C(C)C(=O)N(C)Cc2ccccc2)CC1. The smallest absolute Gasteiger partial charge is 0.239 e. The molecule has 1 saturated heterocycles. The van der Waals surface area contributed by atoms with Crippen LogP contribution in [-0.4, -0.2) is 77.6 Å². The fourth-order valence-corrected chi connectivity index (χ4v) is 3.40. The molecule has 134 valence electrons. The van der Waals surface area contributed by atoms with Gasteiger partial charge in [0.25, 0.3) is 0 Å². The van der Waals surface area contributed by atoms with Gasteiger partial charge < -0.3 is 10.0 Å². The largest absolute Gasteiger partial charge is 0.395 e. The van der Waals surface area contributed by atoms with Crippen LogP contribution in [0.2, 0.25) is 0 Å². The van der Waals surface area contributed by atoms with Crippen molar-refractivity contribution in [2.75, 3.05) is 39.8 Å². The summed E-state index contributed by atoms with van der Waals surface area (Å²) < 4.78 is 0. The molecule has 5 nitrogen and oxygen atoms in total. The predicted molar refractivity (Wildman–Crippen MR) is 96.7 cm³/mol. The van der Waals surface area contributed by atoms with Crippen molar-refractivity contribution in [1.29, 1.82) is 0 Å². The first-order valence-electron chi connectivity index (χ1n) is 8.94. The van der Waals surface area contributed by atoms with Crippen molar-refractivity contribution in [2.45, 2.75) is 38.9 Å². The highest BCUT2D eigenvalue weighted by Crippen LogP contribution is 2.13. The van der Waals surface area contributed by atoms with E-state index in [-0.39, 0.29) is 24.6 Å². The first-order valence-corrected chi connectivity index (χ1v) is 8.94. The number of hydrogen-bond acceptors (Lipinski definition) is 4. The molecule has 2 rings (SSSR count). The van der Waals surface area contributed by atoms with Gasteiger partial charge in [0.2, 0.25) is 5.91 Å². The van der Waals surface area contributed by atoms with Crippen LogP contribution in [0.4, 0.5) is 0 Å². The third-order valence-electron chi connectivity index (χ3n) is 5.09. The number of carbonyl (C=O) groups is 1. The highest BCUT2D eigenvalue weighted by Gasteiger charge is 2.29. The molecule has 0 bridgehead atoms. The van der Waals surface area contributed by atoms with Crippen LogP contribution in [0.5, 0.6) is 0 Å². The molecule has 1 aliphatic heterocycles. The van der Waals surface area contributed by atoms with Crippen molar-refractivity contribution < 1.29 is 9.90 Å². The van der Waals surface area contributed by atoms with Gasteiger partial charge in [-0.15, -0.1) is 0 Å². The number of likely N-dealkylation sites (N-methyl/N-ethyl adjacent to an activating group) is 1. The topological polar surface area (TPSA) is 47.0 Å². The Kier molecular flexibility index (Phi) is 7.21. The number of aliphatic hydroxyl groups is 1. The summed E-state index contributed by atoms with van der Waals surface area (Å²) in [7, 11) is 1.88. The summed E-state index contributed by atoms with van der Waals surface area (Å²) in [6.07, 6.45) is 0.963.